The molecule has 10 nitrogen and oxygen atoms in total. The molecule has 0 spiro atoms. The topological polar surface area (TPSA) is 163 Å². The van der Waals surface area contributed by atoms with Crippen molar-refractivity contribution in [2.45, 2.75) is 29.4 Å². The van der Waals surface area contributed by atoms with E-state index in [1.807, 2.05) is 24.3 Å². The first-order chi connectivity index (χ1) is 21.6. The molecule has 0 aliphatic carbocycles. The molecule has 2 atom stereocenters. The van der Waals surface area contributed by atoms with Crippen molar-refractivity contribution in [2.75, 3.05) is 25.0 Å². The Morgan fingerprint density at radius 3 is 2.28 bits per heavy atom. The first kappa shape index (κ1) is 34.1. The van der Waals surface area contributed by atoms with Gasteiger partial charge < -0.3 is 21.3 Å². The van der Waals surface area contributed by atoms with Crippen LogP contribution >= 0.6 is 12.4 Å². The van der Waals surface area contributed by atoms with Crippen molar-refractivity contribution in [2.24, 2.45) is 11.7 Å². The lowest BCUT2D eigenvalue weighted by Gasteiger charge is -2.33. The Balaban J connectivity index is 0.00000480. The predicted molar refractivity (Wildman–Crippen MR) is 181 cm³/mol. The summed E-state index contributed by atoms with van der Waals surface area (Å²) in [7, 11) is -4.13. The summed E-state index contributed by atoms with van der Waals surface area (Å²) in [5, 5.41) is 13.4. The number of likely N-dealkylation sites (tertiary alicyclic amines) is 1. The molecule has 1 heterocycles. The molecule has 5 N–H and O–H groups in total. The smallest absolute Gasteiger partial charge is 0.296 e. The number of hydrogen-bond donors (Lipinski definition) is 4. The van der Waals surface area contributed by atoms with Gasteiger partial charge in [-0.05, 0) is 65.8 Å². The molecule has 46 heavy (non-hydrogen) atoms. The molecule has 1 saturated heterocycles. The highest BCUT2D eigenvalue weighted by molar-refractivity contribution is 7.92. The molecule has 1 fully saturated rings. The van der Waals surface area contributed by atoms with E-state index in [1.165, 1.54) is 6.07 Å². The molecule has 0 unspecified atom stereocenters. The maximum Gasteiger partial charge on any atom is 0.296 e. The van der Waals surface area contributed by atoms with Crippen LogP contribution in [0.2, 0.25) is 0 Å². The second kappa shape index (κ2) is 15.0. The molecule has 0 bridgehead atoms. The fourth-order valence-corrected chi connectivity index (χ4v) is 7.16. The number of fused-ring (bicyclic) bond motifs is 1. The lowest BCUT2D eigenvalue weighted by atomic mass is 9.98. The highest BCUT2D eigenvalue weighted by Gasteiger charge is 2.35. The van der Waals surface area contributed by atoms with E-state index in [1.54, 1.807) is 71.6 Å². The highest BCUT2D eigenvalue weighted by Crippen LogP contribution is 2.25. The Labute approximate surface area is 274 Å². The van der Waals surface area contributed by atoms with E-state index in [-0.39, 0.29) is 47.7 Å². The van der Waals surface area contributed by atoms with Crippen LogP contribution in [0, 0.1) is 11.3 Å². The average molecular weight is 662 g/mol. The highest BCUT2D eigenvalue weighted by atomic mass is 35.5. The van der Waals surface area contributed by atoms with Gasteiger partial charge in [-0.25, -0.2) is 8.42 Å². The van der Waals surface area contributed by atoms with Gasteiger partial charge in [0, 0.05) is 30.9 Å². The van der Waals surface area contributed by atoms with Crippen LogP contribution in [0.1, 0.15) is 28.8 Å². The molecule has 0 radical (unpaired) electrons. The SMILES string of the molecule is Cl.N=C(N)N1CCC[C@@H](CNC(=O)[C@@H](Cc2ccc(NC(=O)C(=O)c3ccccc3)cc2)S(=O)(=O)c2ccc3ccccc3c2)C1. The molecule has 0 saturated carbocycles. The van der Waals surface area contributed by atoms with Crippen LogP contribution in [0.5, 0.6) is 0 Å². The summed E-state index contributed by atoms with van der Waals surface area (Å²) < 4.78 is 28.1. The number of nitrogens with zero attached hydrogens (tertiary/aromatic N) is 1. The first-order valence-electron chi connectivity index (χ1n) is 14.7. The van der Waals surface area contributed by atoms with Gasteiger partial charge in [-0.3, -0.25) is 19.8 Å². The van der Waals surface area contributed by atoms with Gasteiger partial charge in [0.1, 0.15) is 5.25 Å². The van der Waals surface area contributed by atoms with E-state index < -0.39 is 32.7 Å². The van der Waals surface area contributed by atoms with Gasteiger partial charge in [0.05, 0.1) is 4.90 Å². The maximum absolute atomic E-state index is 14.0. The van der Waals surface area contributed by atoms with Crippen molar-refractivity contribution in [3.05, 3.63) is 108 Å². The van der Waals surface area contributed by atoms with E-state index in [4.69, 9.17) is 11.1 Å². The number of anilines is 1. The number of ketones is 1. The summed E-state index contributed by atoms with van der Waals surface area (Å²) in [5.41, 5.74) is 6.85. The zero-order chi connectivity index (χ0) is 32.0. The molecule has 12 heteroatoms. The summed E-state index contributed by atoms with van der Waals surface area (Å²) in [5.74, 6) is -2.09. The summed E-state index contributed by atoms with van der Waals surface area (Å²) in [6, 6.07) is 26.8. The number of carbonyl (C=O) groups excluding carboxylic acids is 3. The van der Waals surface area contributed by atoms with Crippen LogP contribution in [-0.2, 0) is 25.8 Å². The van der Waals surface area contributed by atoms with Crippen molar-refractivity contribution in [3.63, 3.8) is 0 Å². The average Bonchev–Trinajstić information content (AvgIpc) is 3.06. The fraction of sp³-hybridized carbons (Fsp3) is 0.235. The number of sulfone groups is 1. The Morgan fingerprint density at radius 1 is 0.913 bits per heavy atom. The minimum Gasteiger partial charge on any atom is -0.370 e. The van der Waals surface area contributed by atoms with Crippen LogP contribution in [0.4, 0.5) is 5.69 Å². The van der Waals surface area contributed by atoms with Crippen LogP contribution in [-0.4, -0.2) is 61.8 Å². The molecule has 2 amide bonds. The van der Waals surface area contributed by atoms with Crippen LogP contribution in [0.3, 0.4) is 0 Å². The van der Waals surface area contributed by atoms with Crippen molar-refractivity contribution >= 4 is 62.3 Å². The number of Topliss-reactive ketones (excluding diaryl/α,β-unsaturated/α-hetero) is 1. The summed E-state index contributed by atoms with van der Waals surface area (Å²) in [4.78, 5) is 40.4. The lowest BCUT2D eigenvalue weighted by Crippen LogP contribution is -2.48. The number of hydrogen-bond acceptors (Lipinski definition) is 6. The van der Waals surface area contributed by atoms with Crippen LogP contribution in [0.15, 0.2) is 102 Å². The number of guanidine groups is 1. The number of rotatable bonds is 10. The summed E-state index contributed by atoms with van der Waals surface area (Å²) >= 11 is 0. The second-order valence-corrected chi connectivity index (χ2v) is 13.3. The summed E-state index contributed by atoms with van der Waals surface area (Å²) in [6.45, 7) is 1.44. The minimum absolute atomic E-state index is 0. The largest absolute Gasteiger partial charge is 0.370 e. The Bertz CT molecular complexity index is 1830. The quantitative estimate of drug-likeness (QED) is 0.0857. The molecule has 0 aromatic heterocycles. The number of piperidine rings is 1. The number of benzene rings is 4. The zero-order valence-electron chi connectivity index (χ0n) is 25.0. The third kappa shape index (κ3) is 8.09. The minimum atomic E-state index is -4.13. The molecule has 4 aromatic rings. The normalized spacial score (nSPS) is 15.3. The van der Waals surface area contributed by atoms with Crippen molar-refractivity contribution in [1.29, 1.82) is 5.41 Å². The number of carbonyl (C=O) groups is 3. The second-order valence-electron chi connectivity index (χ2n) is 11.2. The molecule has 1 aliphatic rings. The van der Waals surface area contributed by atoms with Gasteiger partial charge in [-0.15, -0.1) is 12.4 Å². The van der Waals surface area contributed by atoms with Crippen molar-refractivity contribution < 1.29 is 22.8 Å². The monoisotopic (exact) mass is 661 g/mol. The lowest BCUT2D eigenvalue weighted by molar-refractivity contribution is -0.121. The molecular formula is C34H36ClN5O5S. The molecule has 1 aliphatic heterocycles. The van der Waals surface area contributed by atoms with E-state index in [0.29, 0.717) is 24.3 Å². The Kier molecular flexibility index (Phi) is 11.2. The van der Waals surface area contributed by atoms with Crippen LogP contribution in [0.25, 0.3) is 10.8 Å². The van der Waals surface area contributed by atoms with E-state index in [9.17, 15) is 22.8 Å². The summed E-state index contributed by atoms with van der Waals surface area (Å²) in [6.07, 6.45) is 1.53. The van der Waals surface area contributed by atoms with Crippen molar-refractivity contribution in [3.8, 4) is 0 Å². The number of halogens is 1. The van der Waals surface area contributed by atoms with Gasteiger partial charge >= 0.3 is 0 Å². The third-order valence-corrected chi connectivity index (χ3v) is 10.1. The van der Waals surface area contributed by atoms with Gasteiger partial charge in [0.2, 0.25) is 5.91 Å². The van der Waals surface area contributed by atoms with Gasteiger partial charge in [-0.1, -0.05) is 72.8 Å². The maximum atomic E-state index is 14.0. The Hall–Kier alpha value is -4.74. The third-order valence-electron chi connectivity index (χ3n) is 8.02. The number of nitrogens with two attached hydrogens (primary N) is 1. The first-order valence-corrected chi connectivity index (χ1v) is 16.3. The zero-order valence-corrected chi connectivity index (χ0v) is 26.7. The predicted octanol–water partition coefficient (Wildman–Crippen LogP) is 4.19. The van der Waals surface area contributed by atoms with E-state index in [2.05, 4.69) is 10.6 Å². The van der Waals surface area contributed by atoms with Gasteiger partial charge in [-0.2, -0.15) is 0 Å². The van der Waals surface area contributed by atoms with E-state index in [0.717, 1.165) is 23.6 Å². The van der Waals surface area contributed by atoms with Gasteiger partial charge in [0.15, 0.2) is 15.8 Å². The fourth-order valence-electron chi connectivity index (χ4n) is 5.51. The van der Waals surface area contributed by atoms with Crippen molar-refractivity contribution in [1.82, 2.24) is 10.2 Å². The van der Waals surface area contributed by atoms with Gasteiger partial charge in [0.25, 0.3) is 11.7 Å². The number of nitrogens with one attached hydrogen (secondary N) is 3. The molecule has 5 rings (SSSR count). The molecular weight excluding hydrogens is 626 g/mol. The Morgan fingerprint density at radius 2 is 1.59 bits per heavy atom. The number of amides is 2. The molecule has 240 valence electrons. The standard InChI is InChI=1S/C34H35N5O5S.ClH/c35-34(36)39-18-6-7-24(22-39)21-37-32(41)30(45(43,44)29-17-14-25-8-4-5-11-27(25)20-29)19-23-12-15-28(16-13-23)38-33(42)31(40)26-9-2-1-3-10-26;/h1-5,8-17,20,24,30H,6-7,18-19,21-22H2,(H3,35,36)(H,37,41)(H,38,42);1H/t24-,30+;/m0./s1. The van der Waals surface area contributed by atoms with Crippen LogP contribution < -0.4 is 16.4 Å². The van der Waals surface area contributed by atoms with E-state index >= 15 is 0 Å². The molecule has 4 aromatic carbocycles.